The lowest BCUT2D eigenvalue weighted by molar-refractivity contribution is 0.0230. The van der Waals surface area contributed by atoms with Crippen molar-refractivity contribution in [3.8, 4) is 0 Å². The van der Waals surface area contributed by atoms with E-state index in [1.807, 2.05) is 52.7 Å². The van der Waals surface area contributed by atoms with Crippen LogP contribution in [0.15, 0.2) is 17.4 Å². The maximum absolute atomic E-state index is 12.2. The highest BCUT2D eigenvalue weighted by Crippen LogP contribution is 2.20. The Labute approximate surface area is 175 Å². The van der Waals surface area contributed by atoms with Crippen molar-refractivity contribution < 1.29 is 9.53 Å². The molecule has 1 aromatic heterocycles. The minimum atomic E-state index is -0.479. The van der Waals surface area contributed by atoms with Gasteiger partial charge in [-0.3, -0.25) is 9.67 Å². The number of aliphatic imine (C=N–C) groups is 1. The summed E-state index contributed by atoms with van der Waals surface area (Å²) in [5, 5.41) is 7.72. The lowest BCUT2D eigenvalue weighted by Crippen LogP contribution is -2.43. The predicted octanol–water partition coefficient (Wildman–Crippen LogP) is 2.51. The van der Waals surface area contributed by atoms with Crippen molar-refractivity contribution in [3.05, 3.63) is 18.0 Å². The van der Waals surface area contributed by atoms with Crippen LogP contribution in [0.25, 0.3) is 0 Å². The quantitative estimate of drug-likeness (QED) is 0.580. The number of hydrogen-bond acceptors (Lipinski definition) is 4. The van der Waals surface area contributed by atoms with Gasteiger partial charge in [0.15, 0.2) is 5.96 Å². The standard InChI is InChI=1S/C21H38N6O2/c1-16(26(7)20(28)29-21(2,3)4)8-10-23-19(22-5)27-11-9-17(15-27)12-18-13-24-25(6)14-18/h13-14,16-17H,8-12,15H2,1-7H3,(H,22,23). The van der Waals surface area contributed by atoms with Gasteiger partial charge in [0.25, 0.3) is 0 Å². The van der Waals surface area contributed by atoms with Crippen LogP contribution in [0.3, 0.4) is 0 Å². The summed E-state index contributed by atoms with van der Waals surface area (Å²) in [5.74, 6) is 1.56. The summed E-state index contributed by atoms with van der Waals surface area (Å²) < 4.78 is 7.30. The molecule has 1 fully saturated rings. The molecule has 8 heteroatoms. The molecule has 0 radical (unpaired) electrons. The first-order valence-electron chi connectivity index (χ1n) is 10.5. The molecule has 1 aliphatic rings. The van der Waals surface area contributed by atoms with Crippen LogP contribution < -0.4 is 5.32 Å². The van der Waals surface area contributed by atoms with Crippen LogP contribution in [-0.4, -0.2) is 77.0 Å². The number of likely N-dealkylation sites (tertiary alicyclic amines) is 1. The van der Waals surface area contributed by atoms with Crippen LogP contribution in [0.2, 0.25) is 0 Å². The zero-order valence-electron chi connectivity index (χ0n) is 19.1. The number of hydrogen-bond donors (Lipinski definition) is 1. The second-order valence-corrected chi connectivity index (χ2v) is 9.03. The lowest BCUT2D eigenvalue weighted by atomic mass is 10.0. The number of guanidine groups is 1. The second-order valence-electron chi connectivity index (χ2n) is 9.03. The summed E-state index contributed by atoms with van der Waals surface area (Å²) >= 11 is 0. The summed E-state index contributed by atoms with van der Waals surface area (Å²) in [6.45, 7) is 10.4. The van der Waals surface area contributed by atoms with Crippen LogP contribution >= 0.6 is 0 Å². The molecule has 2 rings (SSSR count). The van der Waals surface area contributed by atoms with Crippen molar-refractivity contribution >= 4 is 12.1 Å². The maximum atomic E-state index is 12.2. The third-order valence-electron chi connectivity index (χ3n) is 5.27. The Hall–Kier alpha value is -2.25. The Bertz CT molecular complexity index is 694. The molecular weight excluding hydrogens is 368 g/mol. The van der Waals surface area contributed by atoms with Gasteiger partial charge in [-0.2, -0.15) is 5.10 Å². The smallest absolute Gasteiger partial charge is 0.410 e. The van der Waals surface area contributed by atoms with E-state index in [9.17, 15) is 4.79 Å². The summed E-state index contributed by atoms with van der Waals surface area (Å²) in [6.07, 6.45) is 6.80. The molecule has 1 N–H and O–H groups in total. The van der Waals surface area contributed by atoms with Gasteiger partial charge in [-0.25, -0.2) is 4.79 Å². The minimum absolute atomic E-state index is 0.0763. The predicted molar refractivity (Wildman–Crippen MR) is 116 cm³/mol. The largest absolute Gasteiger partial charge is 0.444 e. The molecule has 0 spiro atoms. The fraction of sp³-hybridized carbons (Fsp3) is 0.762. The SMILES string of the molecule is CN=C(NCCC(C)N(C)C(=O)OC(C)(C)C)N1CCC(Cc2cnn(C)c2)C1. The van der Waals surface area contributed by atoms with E-state index in [0.717, 1.165) is 44.9 Å². The summed E-state index contributed by atoms with van der Waals surface area (Å²) in [7, 11) is 5.57. The average molecular weight is 407 g/mol. The topological polar surface area (TPSA) is 75.0 Å². The van der Waals surface area contributed by atoms with Gasteiger partial charge in [0.2, 0.25) is 0 Å². The van der Waals surface area contributed by atoms with E-state index in [2.05, 4.69) is 26.5 Å². The van der Waals surface area contributed by atoms with Crippen LogP contribution in [0, 0.1) is 5.92 Å². The van der Waals surface area contributed by atoms with Crippen LogP contribution in [-0.2, 0) is 18.2 Å². The Morgan fingerprint density at radius 1 is 1.48 bits per heavy atom. The molecular formula is C21H38N6O2. The molecule has 2 atom stereocenters. The Kier molecular flexibility index (Phi) is 7.93. The molecule has 0 aromatic carbocycles. The normalized spacial score (nSPS) is 18.7. The highest BCUT2D eigenvalue weighted by Gasteiger charge is 2.26. The van der Waals surface area contributed by atoms with Crippen LogP contribution in [0.5, 0.6) is 0 Å². The first-order chi connectivity index (χ1) is 13.6. The molecule has 0 saturated carbocycles. The van der Waals surface area contributed by atoms with Crippen LogP contribution in [0.1, 0.15) is 46.1 Å². The second kappa shape index (κ2) is 9.98. The minimum Gasteiger partial charge on any atom is -0.444 e. The summed E-state index contributed by atoms with van der Waals surface area (Å²) in [4.78, 5) is 20.6. The van der Waals surface area contributed by atoms with Crippen LogP contribution in [0.4, 0.5) is 4.79 Å². The number of amides is 1. The van der Waals surface area contributed by atoms with E-state index in [1.54, 1.807) is 11.9 Å². The van der Waals surface area contributed by atoms with Gasteiger partial charge in [-0.05, 0) is 58.4 Å². The van der Waals surface area contributed by atoms with Crippen molar-refractivity contribution in [2.45, 2.75) is 58.6 Å². The zero-order valence-corrected chi connectivity index (χ0v) is 19.1. The molecule has 1 aliphatic heterocycles. The van der Waals surface area contributed by atoms with E-state index in [0.29, 0.717) is 5.92 Å². The number of aromatic nitrogens is 2. The summed E-state index contributed by atoms with van der Waals surface area (Å²) in [6, 6.07) is 0.0763. The van der Waals surface area contributed by atoms with Gasteiger partial charge in [0.1, 0.15) is 5.60 Å². The molecule has 0 aliphatic carbocycles. The van der Waals surface area contributed by atoms with E-state index in [-0.39, 0.29) is 12.1 Å². The average Bonchev–Trinajstić information content (AvgIpc) is 3.25. The van der Waals surface area contributed by atoms with E-state index in [1.165, 1.54) is 5.56 Å². The van der Waals surface area contributed by atoms with Gasteiger partial charge in [-0.15, -0.1) is 0 Å². The van der Waals surface area contributed by atoms with E-state index < -0.39 is 5.60 Å². The number of nitrogens with zero attached hydrogens (tertiary/aromatic N) is 5. The van der Waals surface area contributed by atoms with Gasteiger partial charge in [0.05, 0.1) is 6.20 Å². The Morgan fingerprint density at radius 2 is 2.21 bits per heavy atom. The molecule has 8 nitrogen and oxygen atoms in total. The van der Waals surface area contributed by atoms with Gasteiger partial charge in [0, 0.05) is 53.0 Å². The molecule has 0 bridgehead atoms. The van der Waals surface area contributed by atoms with Gasteiger partial charge >= 0.3 is 6.09 Å². The summed E-state index contributed by atoms with van der Waals surface area (Å²) in [5.41, 5.74) is 0.814. The molecule has 2 heterocycles. The van der Waals surface area contributed by atoms with E-state index >= 15 is 0 Å². The van der Waals surface area contributed by atoms with Crippen molar-refractivity contribution in [2.75, 3.05) is 33.7 Å². The molecule has 29 heavy (non-hydrogen) atoms. The highest BCUT2D eigenvalue weighted by molar-refractivity contribution is 5.80. The van der Waals surface area contributed by atoms with E-state index in [4.69, 9.17) is 4.74 Å². The zero-order chi connectivity index (χ0) is 21.6. The Morgan fingerprint density at radius 3 is 2.79 bits per heavy atom. The van der Waals surface area contributed by atoms with Crippen molar-refractivity contribution in [3.63, 3.8) is 0 Å². The monoisotopic (exact) mass is 406 g/mol. The molecule has 1 aromatic rings. The number of ether oxygens (including phenoxy) is 1. The van der Waals surface area contributed by atoms with Gasteiger partial charge < -0.3 is 19.9 Å². The number of carbonyl (C=O) groups excluding carboxylic acids is 1. The Balaban J connectivity index is 1.75. The molecule has 2 unspecified atom stereocenters. The molecule has 1 saturated heterocycles. The highest BCUT2D eigenvalue weighted by atomic mass is 16.6. The number of rotatable bonds is 6. The fourth-order valence-electron chi connectivity index (χ4n) is 3.53. The van der Waals surface area contributed by atoms with Crippen molar-refractivity contribution in [1.29, 1.82) is 0 Å². The van der Waals surface area contributed by atoms with Crippen molar-refractivity contribution in [1.82, 2.24) is 24.9 Å². The number of aryl methyl sites for hydroxylation is 1. The number of nitrogens with one attached hydrogen (secondary N) is 1. The third-order valence-corrected chi connectivity index (χ3v) is 5.27. The van der Waals surface area contributed by atoms with Gasteiger partial charge in [-0.1, -0.05) is 0 Å². The molecule has 164 valence electrons. The maximum Gasteiger partial charge on any atom is 0.410 e. The third kappa shape index (κ3) is 7.25. The molecule has 1 amide bonds. The van der Waals surface area contributed by atoms with Crippen molar-refractivity contribution in [2.24, 2.45) is 18.0 Å². The first-order valence-corrected chi connectivity index (χ1v) is 10.5. The first kappa shape index (κ1) is 23.0. The fourth-order valence-corrected chi connectivity index (χ4v) is 3.53. The number of carbonyl (C=O) groups is 1. The lowest BCUT2D eigenvalue weighted by Gasteiger charge is -2.29.